The van der Waals surface area contributed by atoms with Crippen molar-refractivity contribution >= 4 is 12.2 Å². The van der Waals surface area contributed by atoms with E-state index in [1.165, 1.54) is 186 Å². The number of unbranched alkanes of at least 4 members (excludes halogenated alkanes) is 27. The van der Waals surface area contributed by atoms with Gasteiger partial charge in [-0.2, -0.15) is 0 Å². The van der Waals surface area contributed by atoms with Gasteiger partial charge in [0, 0.05) is 18.5 Å². The number of nitrogens with two attached hydrogens (primary N) is 1. The standard InChI is InChI=1S/C41H81N3O/c1-4-5-6-7-8-9-10-11-12-13-17-20-23-26-29-32-35-41(3,44-37-36-43-38-44)39(2)33-30-27-24-21-18-15-14-16-19-22-25-28-31-34-40(42)45/h38-39H,4-37H2,1-3H3,(H2,42,45). The van der Waals surface area contributed by atoms with Crippen molar-refractivity contribution in [3.05, 3.63) is 0 Å². The maximum atomic E-state index is 10.8. The van der Waals surface area contributed by atoms with Crippen LogP contribution in [0, 0.1) is 5.92 Å². The number of aliphatic imine (C=N–C) groups is 1. The van der Waals surface area contributed by atoms with Crippen LogP contribution in [0.3, 0.4) is 0 Å². The van der Waals surface area contributed by atoms with Crippen molar-refractivity contribution in [3.63, 3.8) is 0 Å². The maximum Gasteiger partial charge on any atom is 0.217 e. The first-order chi connectivity index (χ1) is 22.0. The Morgan fingerprint density at radius 2 is 1.02 bits per heavy atom. The Morgan fingerprint density at radius 3 is 1.40 bits per heavy atom. The first-order valence-corrected chi connectivity index (χ1v) is 20.6. The van der Waals surface area contributed by atoms with E-state index in [-0.39, 0.29) is 11.4 Å². The molecule has 0 spiro atoms. The number of nitrogens with zero attached hydrogens (tertiary/aromatic N) is 2. The van der Waals surface area contributed by atoms with Crippen molar-refractivity contribution in [3.8, 4) is 0 Å². The third-order valence-corrected chi connectivity index (χ3v) is 11.0. The van der Waals surface area contributed by atoms with Crippen LogP contribution in [0.2, 0.25) is 0 Å². The molecule has 1 heterocycles. The minimum absolute atomic E-state index is 0.152. The van der Waals surface area contributed by atoms with Crippen molar-refractivity contribution in [1.29, 1.82) is 0 Å². The molecule has 2 N–H and O–H groups in total. The zero-order chi connectivity index (χ0) is 32.7. The van der Waals surface area contributed by atoms with Crippen LogP contribution in [0.25, 0.3) is 0 Å². The fourth-order valence-corrected chi connectivity index (χ4v) is 7.48. The summed E-state index contributed by atoms with van der Waals surface area (Å²) in [4.78, 5) is 18.0. The highest BCUT2D eigenvalue weighted by Crippen LogP contribution is 2.34. The SMILES string of the molecule is CCCCCCCCCCCCCCCCCCC(C)(C(C)CCCCCCCCCCCCCCCC(N)=O)N1C=NCC1. The van der Waals surface area contributed by atoms with Gasteiger partial charge in [0.25, 0.3) is 0 Å². The van der Waals surface area contributed by atoms with Crippen molar-refractivity contribution in [2.45, 2.75) is 232 Å². The third kappa shape index (κ3) is 23.8. The van der Waals surface area contributed by atoms with E-state index < -0.39 is 0 Å². The number of amides is 1. The summed E-state index contributed by atoms with van der Waals surface area (Å²) >= 11 is 0. The number of hydrogen-bond acceptors (Lipinski definition) is 3. The smallest absolute Gasteiger partial charge is 0.217 e. The quantitative estimate of drug-likeness (QED) is 0.0707. The van der Waals surface area contributed by atoms with Crippen LogP contribution in [-0.4, -0.2) is 35.8 Å². The lowest BCUT2D eigenvalue weighted by Gasteiger charge is -2.44. The van der Waals surface area contributed by atoms with Crippen molar-refractivity contribution in [1.82, 2.24) is 4.90 Å². The van der Waals surface area contributed by atoms with Crippen LogP contribution in [0.15, 0.2) is 4.99 Å². The molecule has 1 amide bonds. The fourth-order valence-electron chi connectivity index (χ4n) is 7.48. The minimum Gasteiger partial charge on any atom is -0.370 e. The molecular weight excluding hydrogens is 550 g/mol. The second kappa shape index (κ2) is 30.3. The molecule has 1 aliphatic heterocycles. The Labute approximate surface area is 282 Å². The lowest BCUT2D eigenvalue weighted by Crippen LogP contribution is -2.49. The zero-order valence-corrected chi connectivity index (χ0v) is 31.1. The molecular formula is C41H81N3O. The summed E-state index contributed by atoms with van der Waals surface area (Å²) in [5, 5.41) is 0. The first kappa shape index (κ1) is 42.0. The van der Waals surface area contributed by atoms with Gasteiger partial charge in [0.05, 0.1) is 12.9 Å². The first-order valence-electron chi connectivity index (χ1n) is 20.6. The molecule has 0 aromatic rings. The number of primary amides is 1. The van der Waals surface area contributed by atoms with Crippen LogP contribution in [0.5, 0.6) is 0 Å². The van der Waals surface area contributed by atoms with Gasteiger partial charge in [0.1, 0.15) is 0 Å². The molecule has 4 heteroatoms. The van der Waals surface area contributed by atoms with Gasteiger partial charge in [-0.3, -0.25) is 9.79 Å². The molecule has 0 saturated carbocycles. The zero-order valence-electron chi connectivity index (χ0n) is 31.1. The molecule has 1 aliphatic rings. The predicted molar refractivity (Wildman–Crippen MR) is 200 cm³/mol. The highest BCUT2D eigenvalue weighted by Gasteiger charge is 2.36. The third-order valence-electron chi connectivity index (χ3n) is 11.0. The Balaban J connectivity index is 2.03. The van der Waals surface area contributed by atoms with E-state index >= 15 is 0 Å². The molecule has 1 rings (SSSR count). The van der Waals surface area contributed by atoms with Crippen molar-refractivity contribution < 1.29 is 4.79 Å². The Bertz CT molecular complexity index is 680. The summed E-state index contributed by atoms with van der Waals surface area (Å²) in [6.07, 6.45) is 45.7. The molecule has 0 aromatic heterocycles. The number of carbonyl (C=O) groups excluding carboxylic acids is 1. The Morgan fingerprint density at radius 1 is 0.644 bits per heavy atom. The van der Waals surface area contributed by atoms with Crippen LogP contribution >= 0.6 is 0 Å². The highest BCUT2D eigenvalue weighted by molar-refractivity contribution is 5.73. The number of hydrogen-bond donors (Lipinski definition) is 1. The summed E-state index contributed by atoms with van der Waals surface area (Å²) in [6.45, 7) is 9.48. The minimum atomic E-state index is -0.152. The fraction of sp³-hybridized carbons (Fsp3) is 0.951. The summed E-state index contributed by atoms with van der Waals surface area (Å²) in [5.41, 5.74) is 5.48. The summed E-state index contributed by atoms with van der Waals surface area (Å²) < 4.78 is 0. The Kier molecular flexibility index (Phi) is 28.2. The van der Waals surface area contributed by atoms with Gasteiger partial charge in [-0.05, 0) is 32.1 Å². The second-order valence-electron chi connectivity index (χ2n) is 15.1. The normalized spacial score (nSPS) is 15.1. The van der Waals surface area contributed by atoms with Crippen molar-refractivity contribution in [2.24, 2.45) is 16.6 Å². The van der Waals surface area contributed by atoms with Crippen LogP contribution in [-0.2, 0) is 4.79 Å². The molecule has 2 atom stereocenters. The second-order valence-corrected chi connectivity index (χ2v) is 15.1. The maximum absolute atomic E-state index is 10.8. The number of carbonyl (C=O) groups is 1. The largest absolute Gasteiger partial charge is 0.370 e. The number of rotatable bonds is 35. The van der Waals surface area contributed by atoms with Crippen LogP contribution < -0.4 is 5.73 Å². The molecule has 0 bridgehead atoms. The van der Waals surface area contributed by atoms with E-state index in [0.717, 1.165) is 31.8 Å². The van der Waals surface area contributed by atoms with E-state index in [1.807, 2.05) is 0 Å². The average molecular weight is 632 g/mol. The lowest BCUT2D eigenvalue weighted by molar-refractivity contribution is -0.118. The molecule has 266 valence electrons. The molecule has 2 unspecified atom stereocenters. The molecule has 45 heavy (non-hydrogen) atoms. The van der Waals surface area contributed by atoms with Crippen LogP contribution in [0.4, 0.5) is 0 Å². The van der Waals surface area contributed by atoms with Gasteiger partial charge in [-0.25, -0.2) is 0 Å². The van der Waals surface area contributed by atoms with Gasteiger partial charge < -0.3 is 10.6 Å². The topological polar surface area (TPSA) is 58.7 Å². The summed E-state index contributed by atoms with van der Waals surface area (Å²) in [5.74, 6) is 0.579. The molecule has 0 aromatic carbocycles. The van der Waals surface area contributed by atoms with E-state index in [9.17, 15) is 4.79 Å². The molecule has 0 saturated heterocycles. The van der Waals surface area contributed by atoms with Gasteiger partial charge in [-0.15, -0.1) is 0 Å². The van der Waals surface area contributed by atoms with Crippen molar-refractivity contribution in [2.75, 3.05) is 13.1 Å². The van der Waals surface area contributed by atoms with E-state index in [0.29, 0.717) is 6.42 Å². The molecule has 0 aliphatic carbocycles. The van der Waals surface area contributed by atoms with E-state index in [4.69, 9.17) is 5.73 Å². The highest BCUT2D eigenvalue weighted by atomic mass is 16.1. The van der Waals surface area contributed by atoms with E-state index in [2.05, 4.69) is 37.0 Å². The molecule has 0 fully saturated rings. The van der Waals surface area contributed by atoms with Gasteiger partial charge in [0.2, 0.25) is 5.91 Å². The molecule has 0 radical (unpaired) electrons. The van der Waals surface area contributed by atoms with Gasteiger partial charge in [0.15, 0.2) is 0 Å². The predicted octanol–water partition coefficient (Wildman–Crippen LogP) is 12.7. The van der Waals surface area contributed by atoms with E-state index in [1.54, 1.807) is 0 Å². The van der Waals surface area contributed by atoms with Gasteiger partial charge in [-0.1, -0.05) is 194 Å². The Hall–Kier alpha value is -1.06. The lowest BCUT2D eigenvalue weighted by atomic mass is 9.78. The monoisotopic (exact) mass is 632 g/mol. The van der Waals surface area contributed by atoms with Gasteiger partial charge >= 0.3 is 0 Å². The average Bonchev–Trinajstić information content (AvgIpc) is 3.58. The summed E-state index contributed by atoms with van der Waals surface area (Å²) in [6, 6.07) is 0. The molecule has 4 nitrogen and oxygen atoms in total. The summed E-state index contributed by atoms with van der Waals surface area (Å²) in [7, 11) is 0. The van der Waals surface area contributed by atoms with Crippen LogP contribution in [0.1, 0.15) is 226 Å².